The van der Waals surface area contributed by atoms with E-state index in [1.807, 2.05) is 0 Å². The average molecular weight is 151 g/mol. The summed E-state index contributed by atoms with van der Waals surface area (Å²) in [4.78, 5) is 0. The van der Waals surface area contributed by atoms with Crippen LogP contribution in [0.4, 0.5) is 0 Å². The van der Waals surface area contributed by atoms with Crippen LogP contribution in [-0.4, -0.2) is 23.8 Å². The molecule has 0 aromatic carbocycles. The van der Waals surface area contributed by atoms with Gasteiger partial charge in [-0.3, -0.25) is 5.32 Å². The smallest absolute Gasteiger partial charge is 0.157 e. The molecule has 1 unspecified atom stereocenters. The van der Waals surface area contributed by atoms with Crippen molar-refractivity contribution in [2.75, 3.05) is 18.2 Å². The third kappa shape index (κ3) is 1.85. The molecule has 2 nitrogen and oxygen atoms in total. The lowest BCUT2D eigenvalue weighted by molar-refractivity contribution is 0.141. The van der Waals surface area contributed by atoms with Crippen molar-refractivity contribution in [2.24, 2.45) is 0 Å². The molecule has 1 saturated heterocycles. The van der Waals surface area contributed by atoms with Gasteiger partial charge in [0.15, 0.2) is 5.56 Å². The standard InChI is InChI=1S/C4H9NOS2/c7-3-6-4-5-1-2-8-4/h4-5,7H,1-3H2. The summed E-state index contributed by atoms with van der Waals surface area (Å²) in [5.41, 5.74) is 0.201. The predicted molar refractivity (Wildman–Crippen MR) is 39.2 cm³/mol. The van der Waals surface area contributed by atoms with Crippen LogP contribution >= 0.6 is 24.4 Å². The third-order valence-corrected chi connectivity index (χ3v) is 2.10. The zero-order valence-electron chi connectivity index (χ0n) is 4.46. The molecule has 0 spiro atoms. The molecule has 1 atom stereocenters. The SMILES string of the molecule is SCOC1NCCS1. The van der Waals surface area contributed by atoms with Crippen molar-refractivity contribution in [2.45, 2.75) is 5.56 Å². The maximum Gasteiger partial charge on any atom is 0.157 e. The fourth-order valence-corrected chi connectivity index (χ4v) is 1.68. The van der Waals surface area contributed by atoms with Gasteiger partial charge in [0.05, 0.1) is 5.94 Å². The van der Waals surface area contributed by atoms with Gasteiger partial charge in [-0.15, -0.1) is 11.8 Å². The molecule has 0 saturated carbocycles. The molecule has 4 heteroatoms. The van der Waals surface area contributed by atoms with Crippen molar-refractivity contribution in [3.8, 4) is 0 Å². The van der Waals surface area contributed by atoms with Crippen LogP contribution in [0, 0.1) is 0 Å². The zero-order chi connectivity index (χ0) is 5.82. The summed E-state index contributed by atoms with van der Waals surface area (Å²) < 4.78 is 5.12. The fraction of sp³-hybridized carbons (Fsp3) is 1.00. The lowest BCUT2D eigenvalue weighted by Gasteiger charge is -2.06. The number of hydrogen-bond acceptors (Lipinski definition) is 4. The van der Waals surface area contributed by atoms with Gasteiger partial charge in [-0.1, -0.05) is 0 Å². The molecule has 0 aliphatic carbocycles. The Balaban J connectivity index is 2.06. The molecule has 1 rings (SSSR count). The van der Waals surface area contributed by atoms with Crippen LogP contribution in [0.2, 0.25) is 0 Å². The molecular weight excluding hydrogens is 142 g/mol. The van der Waals surface area contributed by atoms with Crippen molar-refractivity contribution in [1.82, 2.24) is 5.32 Å². The summed E-state index contributed by atoms with van der Waals surface area (Å²) in [6.45, 7) is 1.06. The summed E-state index contributed by atoms with van der Waals surface area (Å²) in [6, 6.07) is 0. The Hall–Kier alpha value is 0.620. The van der Waals surface area contributed by atoms with Gasteiger partial charge in [0.1, 0.15) is 0 Å². The van der Waals surface area contributed by atoms with Crippen molar-refractivity contribution in [1.29, 1.82) is 0 Å². The van der Waals surface area contributed by atoms with Crippen molar-refractivity contribution in [3.05, 3.63) is 0 Å². The van der Waals surface area contributed by atoms with Crippen LogP contribution in [0.1, 0.15) is 0 Å². The highest BCUT2D eigenvalue weighted by atomic mass is 32.2. The molecule has 1 aliphatic heterocycles. The Morgan fingerprint density at radius 2 is 2.75 bits per heavy atom. The first kappa shape index (κ1) is 6.74. The van der Waals surface area contributed by atoms with E-state index in [-0.39, 0.29) is 5.56 Å². The van der Waals surface area contributed by atoms with Crippen LogP contribution in [0.15, 0.2) is 0 Å². The molecule has 1 heterocycles. The Labute approximate surface area is 58.8 Å². The Morgan fingerprint density at radius 1 is 1.88 bits per heavy atom. The average Bonchev–Trinajstić information content (AvgIpc) is 2.19. The van der Waals surface area contributed by atoms with Gasteiger partial charge in [0.2, 0.25) is 0 Å². The van der Waals surface area contributed by atoms with E-state index in [4.69, 9.17) is 4.74 Å². The van der Waals surface area contributed by atoms with Crippen LogP contribution < -0.4 is 5.32 Å². The van der Waals surface area contributed by atoms with Gasteiger partial charge < -0.3 is 4.74 Å². The Morgan fingerprint density at radius 3 is 3.25 bits per heavy atom. The van der Waals surface area contributed by atoms with Crippen LogP contribution in [0.3, 0.4) is 0 Å². The molecule has 1 fully saturated rings. The van der Waals surface area contributed by atoms with Crippen molar-refractivity contribution in [3.63, 3.8) is 0 Å². The summed E-state index contributed by atoms with van der Waals surface area (Å²) >= 11 is 5.70. The minimum absolute atomic E-state index is 0.201. The third-order valence-electron chi connectivity index (χ3n) is 0.908. The van der Waals surface area contributed by atoms with E-state index < -0.39 is 0 Å². The second-order valence-corrected chi connectivity index (χ2v) is 2.88. The topological polar surface area (TPSA) is 21.3 Å². The van der Waals surface area contributed by atoms with Crippen LogP contribution in [0.25, 0.3) is 0 Å². The normalized spacial score (nSPS) is 28.9. The first-order chi connectivity index (χ1) is 3.93. The maximum atomic E-state index is 5.12. The van der Waals surface area contributed by atoms with Gasteiger partial charge in [-0.25, -0.2) is 0 Å². The maximum absolute atomic E-state index is 5.12. The van der Waals surface area contributed by atoms with Crippen LogP contribution in [0.5, 0.6) is 0 Å². The Bertz CT molecular complexity index is 65.1. The second-order valence-electron chi connectivity index (χ2n) is 1.45. The van der Waals surface area contributed by atoms with Gasteiger partial charge in [-0.05, 0) is 0 Å². The first-order valence-corrected chi connectivity index (χ1v) is 4.19. The molecule has 0 amide bonds. The first-order valence-electron chi connectivity index (χ1n) is 2.51. The van der Waals surface area contributed by atoms with Crippen LogP contribution in [-0.2, 0) is 4.74 Å². The molecule has 8 heavy (non-hydrogen) atoms. The van der Waals surface area contributed by atoms with Gasteiger partial charge in [0, 0.05) is 12.3 Å². The number of thioether (sulfide) groups is 1. The van der Waals surface area contributed by atoms with E-state index in [0.717, 1.165) is 12.3 Å². The number of ether oxygens (including phenoxy) is 1. The summed E-state index contributed by atoms with van der Waals surface area (Å²) in [5, 5.41) is 3.15. The van der Waals surface area contributed by atoms with E-state index in [2.05, 4.69) is 17.9 Å². The molecule has 1 N–H and O–H groups in total. The molecule has 0 aromatic heterocycles. The minimum Gasteiger partial charge on any atom is -0.344 e. The van der Waals surface area contributed by atoms with E-state index in [9.17, 15) is 0 Å². The second kappa shape index (κ2) is 3.61. The molecule has 0 aromatic rings. The largest absolute Gasteiger partial charge is 0.344 e. The Kier molecular flexibility index (Phi) is 3.04. The zero-order valence-corrected chi connectivity index (χ0v) is 6.17. The van der Waals surface area contributed by atoms with E-state index >= 15 is 0 Å². The molecular formula is C4H9NOS2. The molecule has 1 aliphatic rings. The van der Waals surface area contributed by atoms with Crippen molar-refractivity contribution < 1.29 is 4.74 Å². The van der Waals surface area contributed by atoms with Crippen molar-refractivity contribution >= 4 is 24.4 Å². The highest BCUT2D eigenvalue weighted by Gasteiger charge is 2.12. The lowest BCUT2D eigenvalue weighted by atomic mass is 10.8. The number of hydrogen-bond donors (Lipinski definition) is 2. The number of nitrogens with one attached hydrogen (secondary N) is 1. The molecule has 0 radical (unpaired) electrons. The molecule has 48 valence electrons. The summed E-state index contributed by atoms with van der Waals surface area (Å²) in [5.74, 6) is 1.66. The minimum atomic E-state index is 0.201. The van der Waals surface area contributed by atoms with E-state index in [1.165, 1.54) is 0 Å². The number of thiol groups is 1. The van der Waals surface area contributed by atoms with E-state index in [1.54, 1.807) is 11.8 Å². The monoisotopic (exact) mass is 151 g/mol. The lowest BCUT2D eigenvalue weighted by Crippen LogP contribution is -2.21. The molecule has 0 bridgehead atoms. The van der Waals surface area contributed by atoms with Gasteiger partial charge in [-0.2, -0.15) is 12.6 Å². The highest BCUT2D eigenvalue weighted by Crippen LogP contribution is 2.14. The fourth-order valence-electron chi connectivity index (χ4n) is 0.576. The summed E-state index contributed by atoms with van der Waals surface area (Å²) in [6.07, 6.45) is 0. The quantitative estimate of drug-likeness (QED) is 0.443. The number of rotatable bonds is 2. The summed E-state index contributed by atoms with van der Waals surface area (Å²) in [7, 11) is 0. The van der Waals surface area contributed by atoms with E-state index in [0.29, 0.717) is 5.94 Å². The highest BCUT2D eigenvalue weighted by molar-refractivity contribution is 8.00. The predicted octanol–water partition coefficient (Wildman–Crippen LogP) is 0.510. The van der Waals surface area contributed by atoms with Gasteiger partial charge in [0.25, 0.3) is 0 Å². The van der Waals surface area contributed by atoms with Gasteiger partial charge >= 0.3 is 0 Å².